The summed E-state index contributed by atoms with van der Waals surface area (Å²) in [5, 5.41) is 3.47. The summed E-state index contributed by atoms with van der Waals surface area (Å²) in [7, 11) is 1.74. The molecule has 0 amide bonds. The van der Waals surface area contributed by atoms with Crippen molar-refractivity contribution in [1.82, 2.24) is 10.2 Å². The Balaban J connectivity index is 0.00000121. The van der Waals surface area contributed by atoms with Gasteiger partial charge in [-0.15, -0.1) is 24.8 Å². The Morgan fingerprint density at radius 1 is 1.18 bits per heavy atom. The zero-order valence-electron chi connectivity index (χ0n) is 13.5. The van der Waals surface area contributed by atoms with Crippen molar-refractivity contribution in [3.05, 3.63) is 29.3 Å². The van der Waals surface area contributed by atoms with Gasteiger partial charge in [-0.25, -0.2) is 0 Å². The molecule has 1 aromatic rings. The highest BCUT2D eigenvalue weighted by molar-refractivity contribution is 5.85. The van der Waals surface area contributed by atoms with E-state index in [0.717, 1.165) is 24.8 Å². The van der Waals surface area contributed by atoms with Gasteiger partial charge in [0.25, 0.3) is 0 Å². The topological polar surface area (TPSA) is 24.5 Å². The highest BCUT2D eigenvalue weighted by atomic mass is 35.5. The molecule has 1 atom stereocenters. The van der Waals surface area contributed by atoms with Gasteiger partial charge in [0.2, 0.25) is 0 Å². The minimum Gasteiger partial charge on any atom is -0.497 e. The maximum Gasteiger partial charge on any atom is 0.119 e. The molecule has 3 rings (SSSR count). The molecule has 5 heteroatoms. The standard InChI is InChI=1S/C17H26N2O.2ClH/c1-13-12-15(20-2)6-7-16(13)17(14-4-3-5-14)19-10-8-18-9-11-19;;/h6-7,12,14,17-18H,3-5,8-11H2,1-2H3;2*1H/t17-;;/m1../s1. The minimum absolute atomic E-state index is 0. The molecule has 3 nitrogen and oxygen atoms in total. The number of nitrogens with zero attached hydrogens (tertiary/aromatic N) is 1. The molecule has 1 heterocycles. The van der Waals surface area contributed by atoms with E-state index in [4.69, 9.17) is 4.74 Å². The molecular weight excluding hydrogens is 319 g/mol. The van der Waals surface area contributed by atoms with Crippen LogP contribution in [0.1, 0.15) is 36.4 Å². The fourth-order valence-electron chi connectivity index (χ4n) is 3.57. The van der Waals surface area contributed by atoms with Gasteiger partial charge in [0, 0.05) is 32.2 Å². The molecule has 1 saturated carbocycles. The van der Waals surface area contributed by atoms with Gasteiger partial charge in [0.15, 0.2) is 0 Å². The minimum atomic E-state index is 0. The van der Waals surface area contributed by atoms with Gasteiger partial charge in [-0.05, 0) is 48.9 Å². The van der Waals surface area contributed by atoms with Crippen molar-refractivity contribution < 1.29 is 4.74 Å². The molecule has 1 saturated heterocycles. The van der Waals surface area contributed by atoms with Crippen LogP contribution in [0.2, 0.25) is 0 Å². The molecule has 2 fully saturated rings. The fraction of sp³-hybridized carbons (Fsp3) is 0.647. The Morgan fingerprint density at radius 2 is 1.86 bits per heavy atom. The average molecular weight is 347 g/mol. The molecule has 126 valence electrons. The monoisotopic (exact) mass is 346 g/mol. The van der Waals surface area contributed by atoms with Crippen molar-refractivity contribution in [2.24, 2.45) is 5.92 Å². The van der Waals surface area contributed by atoms with Crippen LogP contribution < -0.4 is 10.1 Å². The second-order valence-electron chi connectivity index (χ2n) is 6.14. The third kappa shape index (κ3) is 4.08. The quantitative estimate of drug-likeness (QED) is 0.901. The van der Waals surface area contributed by atoms with Crippen LogP contribution in [0.4, 0.5) is 0 Å². The van der Waals surface area contributed by atoms with Crippen molar-refractivity contribution >= 4 is 24.8 Å². The summed E-state index contributed by atoms with van der Waals surface area (Å²) < 4.78 is 5.35. The molecule has 0 bridgehead atoms. The van der Waals surface area contributed by atoms with E-state index >= 15 is 0 Å². The van der Waals surface area contributed by atoms with Gasteiger partial charge >= 0.3 is 0 Å². The molecule has 0 aromatic heterocycles. The maximum atomic E-state index is 5.35. The first-order chi connectivity index (χ1) is 9.79. The molecule has 1 aliphatic carbocycles. The van der Waals surface area contributed by atoms with Crippen LogP contribution in [-0.2, 0) is 0 Å². The Hall–Kier alpha value is -0.480. The first-order valence-corrected chi connectivity index (χ1v) is 7.89. The summed E-state index contributed by atoms with van der Waals surface area (Å²) in [5.74, 6) is 1.82. The molecule has 1 aliphatic heterocycles. The van der Waals surface area contributed by atoms with E-state index in [0.29, 0.717) is 6.04 Å². The van der Waals surface area contributed by atoms with Crippen molar-refractivity contribution in [1.29, 1.82) is 0 Å². The summed E-state index contributed by atoms with van der Waals surface area (Å²) in [6.07, 6.45) is 4.18. The number of hydrogen-bond donors (Lipinski definition) is 1. The maximum absolute atomic E-state index is 5.35. The highest BCUT2D eigenvalue weighted by Crippen LogP contribution is 2.42. The van der Waals surface area contributed by atoms with Gasteiger partial charge < -0.3 is 10.1 Å². The number of ether oxygens (including phenoxy) is 1. The van der Waals surface area contributed by atoms with Crippen molar-refractivity contribution in [3.63, 3.8) is 0 Å². The van der Waals surface area contributed by atoms with Crippen LogP contribution in [0, 0.1) is 12.8 Å². The van der Waals surface area contributed by atoms with E-state index in [1.54, 1.807) is 7.11 Å². The van der Waals surface area contributed by atoms with Gasteiger partial charge in [-0.1, -0.05) is 12.5 Å². The zero-order chi connectivity index (χ0) is 13.9. The SMILES string of the molecule is COc1ccc([C@@H](C2CCC2)N2CCNCC2)c(C)c1.Cl.Cl. The highest BCUT2D eigenvalue weighted by Gasteiger charge is 2.34. The number of nitrogens with one attached hydrogen (secondary N) is 1. The number of hydrogen-bond acceptors (Lipinski definition) is 3. The fourth-order valence-corrected chi connectivity index (χ4v) is 3.57. The lowest BCUT2D eigenvalue weighted by Crippen LogP contribution is -2.48. The summed E-state index contributed by atoms with van der Waals surface area (Å²) in [6, 6.07) is 7.20. The molecule has 0 spiro atoms. The summed E-state index contributed by atoms with van der Waals surface area (Å²) in [4.78, 5) is 2.69. The number of aryl methyl sites for hydroxylation is 1. The van der Waals surface area contributed by atoms with Crippen molar-refractivity contribution in [3.8, 4) is 5.75 Å². The molecular formula is C17H28Cl2N2O. The van der Waals surface area contributed by atoms with Crippen LogP contribution in [0.25, 0.3) is 0 Å². The summed E-state index contributed by atoms with van der Waals surface area (Å²) in [6.45, 7) is 6.82. The Morgan fingerprint density at radius 3 is 2.36 bits per heavy atom. The van der Waals surface area contributed by atoms with Gasteiger partial charge in [-0.3, -0.25) is 4.90 Å². The Bertz CT molecular complexity index is 460. The van der Waals surface area contributed by atoms with Gasteiger partial charge in [0.05, 0.1) is 7.11 Å². The predicted molar refractivity (Wildman–Crippen MR) is 96.8 cm³/mol. The van der Waals surface area contributed by atoms with Gasteiger partial charge in [0.1, 0.15) is 5.75 Å². The molecule has 22 heavy (non-hydrogen) atoms. The lowest BCUT2D eigenvalue weighted by molar-refractivity contribution is 0.0832. The molecule has 1 N–H and O–H groups in total. The summed E-state index contributed by atoms with van der Waals surface area (Å²) in [5.41, 5.74) is 2.89. The van der Waals surface area contributed by atoms with E-state index in [9.17, 15) is 0 Å². The van der Waals surface area contributed by atoms with E-state index < -0.39 is 0 Å². The summed E-state index contributed by atoms with van der Waals surface area (Å²) >= 11 is 0. The molecule has 0 unspecified atom stereocenters. The van der Waals surface area contributed by atoms with Crippen LogP contribution in [0.5, 0.6) is 5.75 Å². The van der Waals surface area contributed by atoms with E-state index in [2.05, 4.69) is 35.3 Å². The Kier molecular flexibility index (Phi) is 7.98. The molecule has 0 radical (unpaired) electrons. The predicted octanol–water partition coefficient (Wildman–Crippen LogP) is 3.59. The average Bonchev–Trinajstić information content (AvgIpc) is 2.44. The van der Waals surface area contributed by atoms with E-state index in [-0.39, 0.29) is 24.8 Å². The third-order valence-corrected chi connectivity index (χ3v) is 4.94. The zero-order valence-corrected chi connectivity index (χ0v) is 15.1. The number of methoxy groups -OCH3 is 1. The van der Waals surface area contributed by atoms with Gasteiger partial charge in [-0.2, -0.15) is 0 Å². The largest absolute Gasteiger partial charge is 0.497 e. The molecule has 1 aromatic carbocycles. The van der Waals surface area contributed by atoms with Crippen molar-refractivity contribution in [2.75, 3.05) is 33.3 Å². The number of rotatable bonds is 4. The lowest BCUT2D eigenvalue weighted by atomic mass is 9.75. The van der Waals surface area contributed by atoms with Crippen molar-refractivity contribution in [2.45, 2.75) is 32.2 Å². The lowest BCUT2D eigenvalue weighted by Gasteiger charge is -2.43. The number of benzene rings is 1. The second-order valence-corrected chi connectivity index (χ2v) is 6.14. The van der Waals surface area contributed by atoms with E-state index in [1.807, 2.05) is 0 Å². The first-order valence-electron chi connectivity index (χ1n) is 7.89. The van der Waals surface area contributed by atoms with E-state index in [1.165, 1.54) is 43.5 Å². The molecule has 2 aliphatic rings. The Labute approximate surface area is 146 Å². The third-order valence-electron chi connectivity index (χ3n) is 4.94. The normalized spacial score (nSPS) is 20.3. The van der Waals surface area contributed by atoms with Crippen LogP contribution in [0.15, 0.2) is 18.2 Å². The van der Waals surface area contributed by atoms with Crippen LogP contribution >= 0.6 is 24.8 Å². The second kappa shape index (κ2) is 8.97. The van der Waals surface area contributed by atoms with Crippen LogP contribution in [-0.4, -0.2) is 38.2 Å². The first kappa shape index (κ1) is 19.6. The number of halogens is 2. The number of piperazine rings is 1. The van der Waals surface area contributed by atoms with Crippen LogP contribution in [0.3, 0.4) is 0 Å². The smallest absolute Gasteiger partial charge is 0.119 e.